The number of nitrogens with zero attached hydrogens (tertiary/aromatic N) is 2. The van der Waals surface area contributed by atoms with Crippen molar-refractivity contribution in [2.75, 3.05) is 0 Å². The van der Waals surface area contributed by atoms with Crippen molar-refractivity contribution in [3.05, 3.63) is 33.6 Å². The third-order valence-electron chi connectivity index (χ3n) is 3.11. The number of fused-ring (bicyclic) bond motifs is 1. The molecule has 0 radical (unpaired) electrons. The molecule has 1 amide bonds. The zero-order valence-corrected chi connectivity index (χ0v) is 14.2. The molecule has 0 aliphatic heterocycles. The molecule has 0 saturated carbocycles. The molecule has 0 bridgehead atoms. The number of thioether (sulfide) groups is 1. The number of amides is 1. The van der Waals surface area contributed by atoms with Gasteiger partial charge in [-0.05, 0) is 31.0 Å². The van der Waals surface area contributed by atoms with Crippen molar-refractivity contribution in [1.82, 2.24) is 9.55 Å². The molecule has 0 saturated heterocycles. The summed E-state index contributed by atoms with van der Waals surface area (Å²) in [5, 5.41) is 1.01. The normalized spacial score (nSPS) is 12.8. The van der Waals surface area contributed by atoms with E-state index in [4.69, 9.17) is 17.3 Å². The predicted octanol–water partition coefficient (Wildman–Crippen LogP) is 2.67. The fraction of sp³-hybridized carbons (Fsp3) is 0.400. The Labute approximate surface area is 137 Å². The van der Waals surface area contributed by atoms with Crippen LogP contribution in [-0.2, 0) is 11.3 Å². The van der Waals surface area contributed by atoms with Crippen molar-refractivity contribution in [3.8, 4) is 0 Å². The highest BCUT2D eigenvalue weighted by Crippen LogP contribution is 2.24. The van der Waals surface area contributed by atoms with Crippen LogP contribution in [-0.4, -0.2) is 20.7 Å². The molecule has 1 atom stereocenters. The minimum atomic E-state index is -0.463. The van der Waals surface area contributed by atoms with Gasteiger partial charge in [-0.25, -0.2) is 4.98 Å². The van der Waals surface area contributed by atoms with Crippen LogP contribution in [0.3, 0.4) is 0 Å². The Hall–Kier alpha value is -1.53. The number of halogens is 1. The number of hydrogen-bond acceptors (Lipinski definition) is 4. The van der Waals surface area contributed by atoms with E-state index in [1.165, 1.54) is 11.8 Å². The Morgan fingerprint density at radius 2 is 2.09 bits per heavy atom. The molecule has 2 aromatic rings. The van der Waals surface area contributed by atoms with Gasteiger partial charge >= 0.3 is 0 Å². The Morgan fingerprint density at radius 3 is 2.68 bits per heavy atom. The summed E-state index contributed by atoms with van der Waals surface area (Å²) in [6.45, 7) is 6.24. The van der Waals surface area contributed by atoms with Crippen LogP contribution in [0.5, 0.6) is 0 Å². The van der Waals surface area contributed by atoms with Crippen LogP contribution in [0.4, 0.5) is 0 Å². The van der Waals surface area contributed by atoms with E-state index in [1.54, 1.807) is 29.7 Å². The fourth-order valence-electron chi connectivity index (χ4n) is 2.01. The second kappa shape index (κ2) is 6.71. The van der Waals surface area contributed by atoms with Gasteiger partial charge in [-0.2, -0.15) is 0 Å². The molecule has 1 heterocycles. The molecular formula is C15H18ClN3O2S. The molecule has 5 nitrogen and oxygen atoms in total. The van der Waals surface area contributed by atoms with Gasteiger partial charge in [0, 0.05) is 11.6 Å². The average molecular weight is 340 g/mol. The van der Waals surface area contributed by atoms with Crippen LogP contribution in [0.1, 0.15) is 20.8 Å². The highest BCUT2D eigenvalue weighted by Gasteiger charge is 2.18. The molecule has 0 fully saturated rings. The van der Waals surface area contributed by atoms with Crippen LogP contribution < -0.4 is 11.3 Å². The van der Waals surface area contributed by atoms with Gasteiger partial charge in [-0.15, -0.1) is 0 Å². The summed E-state index contributed by atoms with van der Waals surface area (Å²) in [7, 11) is 0. The summed E-state index contributed by atoms with van der Waals surface area (Å²) in [6.07, 6.45) is 0. The van der Waals surface area contributed by atoms with Crippen molar-refractivity contribution in [3.63, 3.8) is 0 Å². The van der Waals surface area contributed by atoms with Gasteiger partial charge in [0.2, 0.25) is 5.91 Å². The number of hydrogen-bond donors (Lipinski definition) is 1. The first-order chi connectivity index (χ1) is 10.3. The molecule has 2 N–H and O–H groups in total. The van der Waals surface area contributed by atoms with Gasteiger partial charge in [0.25, 0.3) is 5.56 Å². The van der Waals surface area contributed by atoms with E-state index in [0.29, 0.717) is 27.6 Å². The van der Waals surface area contributed by atoms with Crippen molar-refractivity contribution < 1.29 is 4.79 Å². The zero-order valence-electron chi connectivity index (χ0n) is 12.7. The summed E-state index contributed by atoms with van der Waals surface area (Å²) >= 11 is 7.17. The van der Waals surface area contributed by atoms with E-state index in [2.05, 4.69) is 4.98 Å². The van der Waals surface area contributed by atoms with Crippen LogP contribution in [0.25, 0.3) is 10.9 Å². The fourth-order valence-corrected chi connectivity index (χ4v) is 3.05. The summed E-state index contributed by atoms with van der Waals surface area (Å²) in [4.78, 5) is 28.5. The number of benzene rings is 1. The Kier molecular flexibility index (Phi) is 5.13. The summed E-state index contributed by atoms with van der Waals surface area (Å²) in [6, 6.07) is 5.02. The maximum absolute atomic E-state index is 12.7. The van der Waals surface area contributed by atoms with Crippen molar-refractivity contribution >= 4 is 40.2 Å². The Morgan fingerprint density at radius 1 is 1.41 bits per heavy atom. The highest BCUT2D eigenvalue weighted by atomic mass is 35.5. The van der Waals surface area contributed by atoms with E-state index >= 15 is 0 Å². The number of carbonyl (C=O) groups is 1. The number of primary amides is 1. The second-order valence-electron chi connectivity index (χ2n) is 5.53. The molecule has 1 aromatic carbocycles. The summed E-state index contributed by atoms with van der Waals surface area (Å²) in [5.41, 5.74) is 5.72. The largest absolute Gasteiger partial charge is 0.369 e. The summed E-state index contributed by atoms with van der Waals surface area (Å²) in [5.74, 6) is -0.175. The first kappa shape index (κ1) is 16.8. The van der Waals surface area contributed by atoms with Gasteiger partial charge < -0.3 is 5.73 Å². The van der Waals surface area contributed by atoms with Crippen LogP contribution in [0.2, 0.25) is 5.02 Å². The van der Waals surface area contributed by atoms with Gasteiger partial charge in [0.1, 0.15) is 0 Å². The number of carbonyl (C=O) groups excluding carboxylic acids is 1. The standard InChI is InChI=1S/C15H18ClN3O2S/c1-8(2)7-19-14(21)11-6-10(16)4-5-12(11)18-15(19)22-9(3)13(17)20/h4-6,8-9H,7H2,1-3H3,(H2,17,20). The van der Waals surface area contributed by atoms with Crippen molar-refractivity contribution in [2.45, 2.75) is 37.7 Å². The second-order valence-corrected chi connectivity index (χ2v) is 7.27. The zero-order chi connectivity index (χ0) is 16.4. The maximum Gasteiger partial charge on any atom is 0.262 e. The minimum absolute atomic E-state index is 0.152. The topological polar surface area (TPSA) is 78.0 Å². The van der Waals surface area contributed by atoms with E-state index in [-0.39, 0.29) is 11.5 Å². The molecule has 1 unspecified atom stereocenters. The lowest BCUT2D eigenvalue weighted by Gasteiger charge is -2.16. The molecule has 118 valence electrons. The average Bonchev–Trinajstić information content (AvgIpc) is 2.43. The quantitative estimate of drug-likeness (QED) is 0.671. The number of aromatic nitrogens is 2. The molecule has 2 rings (SSSR count). The van der Waals surface area contributed by atoms with Crippen molar-refractivity contribution in [2.24, 2.45) is 11.7 Å². The first-order valence-corrected chi connectivity index (χ1v) is 8.21. The molecule has 1 aromatic heterocycles. The van der Waals surface area contributed by atoms with Crippen LogP contribution in [0, 0.1) is 5.92 Å². The summed E-state index contributed by atoms with van der Waals surface area (Å²) < 4.78 is 1.59. The lowest BCUT2D eigenvalue weighted by molar-refractivity contribution is -0.117. The lowest BCUT2D eigenvalue weighted by Crippen LogP contribution is -2.28. The maximum atomic E-state index is 12.7. The van der Waals surface area contributed by atoms with E-state index in [9.17, 15) is 9.59 Å². The molecule has 0 aliphatic carbocycles. The van der Waals surface area contributed by atoms with Gasteiger partial charge in [-0.3, -0.25) is 14.2 Å². The smallest absolute Gasteiger partial charge is 0.262 e. The van der Waals surface area contributed by atoms with Gasteiger partial charge in [-0.1, -0.05) is 37.2 Å². The molecule has 0 aliphatic rings. The van der Waals surface area contributed by atoms with Crippen LogP contribution >= 0.6 is 23.4 Å². The van der Waals surface area contributed by atoms with Crippen molar-refractivity contribution in [1.29, 1.82) is 0 Å². The molecule has 0 spiro atoms. The van der Waals surface area contributed by atoms with Gasteiger partial charge in [0.15, 0.2) is 5.16 Å². The van der Waals surface area contributed by atoms with E-state index in [1.807, 2.05) is 13.8 Å². The predicted molar refractivity (Wildman–Crippen MR) is 90.4 cm³/mol. The molecule has 7 heteroatoms. The number of nitrogens with two attached hydrogens (primary N) is 1. The number of rotatable bonds is 5. The Bertz CT molecular complexity index is 773. The minimum Gasteiger partial charge on any atom is -0.369 e. The third-order valence-corrected chi connectivity index (χ3v) is 4.46. The monoisotopic (exact) mass is 339 g/mol. The third kappa shape index (κ3) is 3.62. The SMILES string of the molecule is CC(C)Cn1c(SC(C)C(N)=O)nc2ccc(Cl)cc2c1=O. The highest BCUT2D eigenvalue weighted by molar-refractivity contribution is 8.00. The molecule has 22 heavy (non-hydrogen) atoms. The molecular weight excluding hydrogens is 322 g/mol. The lowest BCUT2D eigenvalue weighted by atomic mass is 10.2. The van der Waals surface area contributed by atoms with Crippen LogP contribution in [0.15, 0.2) is 28.2 Å². The van der Waals surface area contributed by atoms with E-state index < -0.39 is 11.2 Å². The Balaban J connectivity index is 2.64. The van der Waals surface area contributed by atoms with Gasteiger partial charge in [0.05, 0.1) is 16.2 Å². The van der Waals surface area contributed by atoms with E-state index in [0.717, 1.165) is 0 Å². The first-order valence-electron chi connectivity index (χ1n) is 6.95.